The molecule has 1 aromatic rings. The van der Waals surface area contributed by atoms with Crippen LogP contribution in [0.3, 0.4) is 0 Å². The van der Waals surface area contributed by atoms with Gasteiger partial charge in [0, 0.05) is 7.05 Å². The first kappa shape index (κ1) is 12.8. The molecule has 1 rings (SSSR count). The number of thioether (sulfide) groups is 1. The molecule has 1 aromatic carbocycles. The van der Waals surface area contributed by atoms with Gasteiger partial charge in [0.05, 0.1) is 4.75 Å². The standard InChI is InChI=1S/C12H14FNOS/c1-4-12(2,16-11(15)14-3)9-6-5-7-10(13)8-9/h4-8H,1H2,2-3H3,(H,14,15)/t12-/m0/s1. The quantitative estimate of drug-likeness (QED) is 0.820. The van der Waals surface area contributed by atoms with Gasteiger partial charge in [-0.15, -0.1) is 6.58 Å². The van der Waals surface area contributed by atoms with Crippen LogP contribution in [0, 0.1) is 5.82 Å². The molecule has 2 nitrogen and oxygen atoms in total. The number of carbonyl (C=O) groups is 1. The monoisotopic (exact) mass is 239 g/mol. The van der Waals surface area contributed by atoms with Gasteiger partial charge < -0.3 is 5.32 Å². The van der Waals surface area contributed by atoms with Crippen molar-refractivity contribution in [2.24, 2.45) is 0 Å². The van der Waals surface area contributed by atoms with Crippen molar-refractivity contribution in [2.75, 3.05) is 7.05 Å². The molecule has 16 heavy (non-hydrogen) atoms. The molecule has 0 aliphatic heterocycles. The molecule has 0 aliphatic rings. The van der Waals surface area contributed by atoms with Gasteiger partial charge in [0.25, 0.3) is 5.24 Å². The molecule has 86 valence electrons. The predicted molar refractivity (Wildman–Crippen MR) is 66.0 cm³/mol. The van der Waals surface area contributed by atoms with Crippen LogP contribution in [0.1, 0.15) is 12.5 Å². The summed E-state index contributed by atoms with van der Waals surface area (Å²) < 4.78 is 12.5. The minimum Gasteiger partial charge on any atom is -0.350 e. The number of amides is 1. The fourth-order valence-electron chi connectivity index (χ4n) is 1.26. The third-order valence-corrected chi connectivity index (χ3v) is 3.51. The lowest BCUT2D eigenvalue weighted by atomic mass is 10.0. The van der Waals surface area contributed by atoms with Crippen molar-refractivity contribution in [3.63, 3.8) is 0 Å². The van der Waals surface area contributed by atoms with Gasteiger partial charge in [-0.25, -0.2) is 4.39 Å². The van der Waals surface area contributed by atoms with E-state index in [1.54, 1.807) is 25.3 Å². The van der Waals surface area contributed by atoms with Gasteiger partial charge in [0.15, 0.2) is 0 Å². The van der Waals surface area contributed by atoms with Crippen LogP contribution in [-0.2, 0) is 4.75 Å². The lowest BCUT2D eigenvalue weighted by Gasteiger charge is -2.24. The molecule has 0 unspecified atom stereocenters. The molecule has 0 radical (unpaired) electrons. The molecule has 0 heterocycles. The van der Waals surface area contributed by atoms with Crippen molar-refractivity contribution in [1.82, 2.24) is 5.32 Å². The summed E-state index contributed by atoms with van der Waals surface area (Å²) in [7, 11) is 1.56. The Bertz CT molecular complexity index is 408. The van der Waals surface area contributed by atoms with Gasteiger partial charge in [-0.05, 0) is 36.4 Å². The zero-order chi connectivity index (χ0) is 12.2. The number of benzene rings is 1. The fourth-order valence-corrected chi connectivity index (χ4v) is 2.07. The van der Waals surface area contributed by atoms with Crippen LogP contribution in [0.25, 0.3) is 0 Å². The first-order valence-electron chi connectivity index (χ1n) is 4.82. The summed E-state index contributed by atoms with van der Waals surface area (Å²) in [6.07, 6.45) is 1.64. The average molecular weight is 239 g/mol. The number of carbonyl (C=O) groups excluding carboxylic acids is 1. The zero-order valence-electron chi connectivity index (χ0n) is 9.29. The minimum absolute atomic E-state index is 0.174. The van der Waals surface area contributed by atoms with Crippen molar-refractivity contribution < 1.29 is 9.18 Å². The third-order valence-electron chi connectivity index (χ3n) is 2.30. The Morgan fingerprint density at radius 1 is 1.62 bits per heavy atom. The lowest BCUT2D eigenvalue weighted by Crippen LogP contribution is -2.22. The van der Waals surface area contributed by atoms with Crippen molar-refractivity contribution >= 4 is 17.0 Å². The molecule has 0 aliphatic carbocycles. The number of hydrogen-bond acceptors (Lipinski definition) is 2. The second kappa shape index (κ2) is 5.16. The van der Waals surface area contributed by atoms with Gasteiger partial charge in [-0.1, -0.05) is 18.2 Å². The van der Waals surface area contributed by atoms with E-state index in [0.717, 1.165) is 17.3 Å². The highest BCUT2D eigenvalue weighted by atomic mass is 32.2. The molecule has 0 saturated carbocycles. The molecule has 0 bridgehead atoms. The normalized spacial score (nSPS) is 13.9. The van der Waals surface area contributed by atoms with Crippen molar-refractivity contribution in [2.45, 2.75) is 11.7 Å². The van der Waals surface area contributed by atoms with Crippen molar-refractivity contribution in [3.05, 3.63) is 48.3 Å². The highest BCUT2D eigenvalue weighted by Gasteiger charge is 2.27. The van der Waals surface area contributed by atoms with Gasteiger partial charge >= 0.3 is 0 Å². The molecule has 0 fully saturated rings. The van der Waals surface area contributed by atoms with Crippen LogP contribution < -0.4 is 5.32 Å². The zero-order valence-corrected chi connectivity index (χ0v) is 10.1. The summed E-state index contributed by atoms with van der Waals surface area (Å²) in [4.78, 5) is 11.4. The lowest BCUT2D eigenvalue weighted by molar-refractivity contribution is 0.262. The van der Waals surface area contributed by atoms with E-state index in [1.165, 1.54) is 12.1 Å². The maximum absolute atomic E-state index is 13.1. The van der Waals surface area contributed by atoms with E-state index in [9.17, 15) is 9.18 Å². The smallest absolute Gasteiger partial charge is 0.279 e. The van der Waals surface area contributed by atoms with E-state index in [0.29, 0.717) is 0 Å². The molecule has 1 atom stereocenters. The Morgan fingerprint density at radius 3 is 2.81 bits per heavy atom. The SMILES string of the molecule is C=C[C@](C)(SC(=O)NC)c1cccc(F)c1. The van der Waals surface area contributed by atoms with E-state index in [-0.39, 0.29) is 11.1 Å². The van der Waals surface area contributed by atoms with Crippen molar-refractivity contribution in [3.8, 4) is 0 Å². The Hall–Kier alpha value is -1.29. The summed E-state index contributed by atoms with van der Waals surface area (Å²) in [6.45, 7) is 5.53. The number of hydrogen-bond donors (Lipinski definition) is 1. The average Bonchev–Trinajstić information content (AvgIpc) is 2.28. The van der Waals surface area contributed by atoms with Gasteiger partial charge in [-0.3, -0.25) is 4.79 Å². The first-order valence-corrected chi connectivity index (χ1v) is 5.64. The molecule has 1 amide bonds. The van der Waals surface area contributed by atoms with E-state index in [1.807, 2.05) is 6.92 Å². The Labute approximate surface area is 98.9 Å². The van der Waals surface area contributed by atoms with Crippen LogP contribution >= 0.6 is 11.8 Å². The maximum Gasteiger partial charge on any atom is 0.279 e. The van der Waals surface area contributed by atoms with Crippen LogP contribution in [0.15, 0.2) is 36.9 Å². The molecular weight excluding hydrogens is 225 g/mol. The van der Waals surface area contributed by atoms with Crippen LogP contribution in [0.2, 0.25) is 0 Å². The molecular formula is C12H14FNOS. The summed E-state index contributed by atoms with van der Waals surface area (Å²) in [5.74, 6) is -0.317. The highest BCUT2D eigenvalue weighted by Crippen LogP contribution is 2.37. The first-order chi connectivity index (χ1) is 7.51. The summed E-state index contributed by atoms with van der Waals surface area (Å²) in [5.41, 5.74) is 0.719. The molecule has 0 aromatic heterocycles. The maximum atomic E-state index is 13.1. The molecule has 4 heteroatoms. The second-order valence-corrected chi connectivity index (χ2v) is 4.88. The van der Waals surface area contributed by atoms with Gasteiger partial charge in [0.1, 0.15) is 5.82 Å². The molecule has 0 spiro atoms. The molecule has 0 saturated heterocycles. The Kier molecular flexibility index (Phi) is 4.12. The third kappa shape index (κ3) is 2.85. The second-order valence-electron chi connectivity index (χ2n) is 3.46. The van der Waals surface area contributed by atoms with Crippen LogP contribution in [-0.4, -0.2) is 12.3 Å². The number of nitrogens with one attached hydrogen (secondary N) is 1. The van der Waals surface area contributed by atoms with Crippen molar-refractivity contribution in [1.29, 1.82) is 0 Å². The van der Waals surface area contributed by atoms with E-state index >= 15 is 0 Å². The Morgan fingerprint density at radius 2 is 2.31 bits per heavy atom. The van der Waals surface area contributed by atoms with E-state index in [2.05, 4.69) is 11.9 Å². The summed E-state index contributed by atoms with van der Waals surface area (Å²) in [6, 6.07) is 6.19. The Balaban J connectivity index is 3.04. The van der Waals surface area contributed by atoms with Crippen LogP contribution in [0.5, 0.6) is 0 Å². The largest absolute Gasteiger partial charge is 0.350 e. The fraction of sp³-hybridized carbons (Fsp3) is 0.250. The van der Waals surface area contributed by atoms with Crippen LogP contribution in [0.4, 0.5) is 9.18 Å². The van der Waals surface area contributed by atoms with Gasteiger partial charge in [0.2, 0.25) is 0 Å². The van der Waals surface area contributed by atoms with E-state index in [4.69, 9.17) is 0 Å². The number of halogens is 1. The van der Waals surface area contributed by atoms with Gasteiger partial charge in [-0.2, -0.15) is 0 Å². The highest BCUT2D eigenvalue weighted by molar-refractivity contribution is 8.14. The molecule has 1 N–H and O–H groups in total. The minimum atomic E-state index is -0.623. The number of rotatable bonds is 3. The predicted octanol–water partition coefficient (Wildman–Crippen LogP) is 3.30. The summed E-state index contributed by atoms with van der Waals surface area (Å²) >= 11 is 1.07. The topological polar surface area (TPSA) is 29.1 Å². The van der Waals surface area contributed by atoms with E-state index < -0.39 is 4.75 Å². The summed E-state index contributed by atoms with van der Waals surface area (Å²) in [5, 5.41) is 2.35.